The number of aromatic nitrogens is 1. The minimum absolute atomic E-state index is 0.137. The average molecular weight is 388 g/mol. The Morgan fingerprint density at radius 3 is 3.15 bits per heavy atom. The van der Waals surface area contributed by atoms with E-state index < -0.39 is 0 Å². The molecule has 2 aromatic heterocycles. The molecule has 3 fully saturated rings. The van der Waals surface area contributed by atoms with Crippen LogP contribution in [0.4, 0.5) is 5.82 Å². The number of nitrogens with one attached hydrogen (secondary N) is 1. The Morgan fingerprint density at radius 1 is 1.48 bits per heavy atom. The molecule has 6 nitrogen and oxygen atoms in total. The molecule has 142 valence electrons. The van der Waals surface area contributed by atoms with E-state index in [1.54, 1.807) is 18.5 Å². The van der Waals surface area contributed by atoms with Crippen LogP contribution in [0.15, 0.2) is 35.1 Å². The standard InChI is InChI=1S/C20H22ClN3O3/c1-12-5-8-26-17(12)19(25)23-9-13-14-10-24(18-15(21)3-2-7-22-18)11-20(14)6-4-16(13)27-20/h2-3,5,7-8,13-14,16H,4,6,9-11H2,1H3,(H,23,25)/t13-,14+,16+,20+/m0/s1. The number of carbonyl (C=O) groups excluding carboxylic acids is 1. The summed E-state index contributed by atoms with van der Waals surface area (Å²) in [5, 5.41) is 3.72. The van der Waals surface area contributed by atoms with E-state index in [9.17, 15) is 4.79 Å². The summed E-state index contributed by atoms with van der Waals surface area (Å²) in [7, 11) is 0. The lowest BCUT2D eigenvalue weighted by atomic mass is 9.73. The fourth-order valence-corrected chi connectivity index (χ4v) is 5.37. The summed E-state index contributed by atoms with van der Waals surface area (Å²) in [5.74, 6) is 1.72. The Kier molecular flexibility index (Phi) is 3.95. The smallest absolute Gasteiger partial charge is 0.287 e. The highest BCUT2D eigenvalue weighted by Crippen LogP contribution is 2.55. The van der Waals surface area contributed by atoms with E-state index in [-0.39, 0.29) is 17.6 Å². The predicted molar refractivity (Wildman–Crippen MR) is 101 cm³/mol. The molecule has 0 aliphatic carbocycles. The third-order valence-corrected chi connectivity index (χ3v) is 6.68. The summed E-state index contributed by atoms with van der Waals surface area (Å²) in [6, 6.07) is 5.52. The maximum atomic E-state index is 12.4. The van der Waals surface area contributed by atoms with Crippen LogP contribution in [0.2, 0.25) is 5.02 Å². The van der Waals surface area contributed by atoms with Crippen molar-refractivity contribution < 1.29 is 13.9 Å². The van der Waals surface area contributed by atoms with Crippen LogP contribution in [-0.2, 0) is 4.74 Å². The van der Waals surface area contributed by atoms with Gasteiger partial charge in [0.05, 0.1) is 23.0 Å². The van der Waals surface area contributed by atoms with Crippen molar-refractivity contribution in [2.75, 3.05) is 24.5 Å². The van der Waals surface area contributed by atoms with Crippen molar-refractivity contribution in [3.8, 4) is 0 Å². The molecule has 5 heterocycles. The molecule has 3 aliphatic rings. The number of amides is 1. The summed E-state index contributed by atoms with van der Waals surface area (Å²) in [5.41, 5.74) is 0.714. The molecule has 1 N–H and O–H groups in total. The largest absolute Gasteiger partial charge is 0.459 e. The Balaban J connectivity index is 1.32. The van der Waals surface area contributed by atoms with Crippen LogP contribution in [0.3, 0.4) is 0 Å². The van der Waals surface area contributed by atoms with Gasteiger partial charge in [-0.25, -0.2) is 4.98 Å². The second kappa shape index (κ2) is 6.24. The fourth-order valence-electron chi connectivity index (χ4n) is 5.13. The molecule has 1 spiro atoms. The predicted octanol–water partition coefficient (Wildman–Crippen LogP) is 3.05. The lowest BCUT2D eigenvalue weighted by molar-refractivity contribution is 0.0141. The van der Waals surface area contributed by atoms with Crippen LogP contribution in [0.5, 0.6) is 0 Å². The first-order chi connectivity index (χ1) is 13.1. The number of hydrogen-bond donors (Lipinski definition) is 1. The molecule has 5 rings (SSSR count). The first-order valence-corrected chi connectivity index (χ1v) is 9.81. The van der Waals surface area contributed by atoms with Gasteiger partial charge in [-0.2, -0.15) is 0 Å². The maximum absolute atomic E-state index is 12.4. The molecule has 2 bridgehead atoms. The zero-order chi connectivity index (χ0) is 18.6. The topological polar surface area (TPSA) is 67.6 Å². The Bertz CT molecular complexity index is 885. The van der Waals surface area contributed by atoms with Crippen molar-refractivity contribution in [2.24, 2.45) is 11.8 Å². The number of ether oxygens (including phenoxy) is 1. The summed E-state index contributed by atoms with van der Waals surface area (Å²) in [4.78, 5) is 19.1. The van der Waals surface area contributed by atoms with E-state index >= 15 is 0 Å². The second-order valence-electron chi connectivity index (χ2n) is 7.86. The number of pyridine rings is 1. The van der Waals surface area contributed by atoms with Crippen LogP contribution < -0.4 is 10.2 Å². The molecule has 0 radical (unpaired) electrons. The molecule has 0 saturated carbocycles. The highest BCUT2D eigenvalue weighted by atomic mass is 35.5. The van der Waals surface area contributed by atoms with Crippen molar-refractivity contribution in [3.63, 3.8) is 0 Å². The van der Waals surface area contributed by atoms with Gasteiger partial charge in [-0.05, 0) is 38.0 Å². The molecule has 3 saturated heterocycles. The number of nitrogens with zero attached hydrogens (tertiary/aromatic N) is 2. The van der Waals surface area contributed by atoms with Crippen molar-refractivity contribution >= 4 is 23.3 Å². The lowest BCUT2D eigenvalue weighted by Crippen LogP contribution is -2.41. The Labute approximate surface area is 162 Å². The highest BCUT2D eigenvalue weighted by Gasteiger charge is 2.63. The molecular formula is C20H22ClN3O3. The quantitative estimate of drug-likeness (QED) is 0.873. The highest BCUT2D eigenvalue weighted by molar-refractivity contribution is 6.32. The zero-order valence-electron chi connectivity index (χ0n) is 15.2. The first kappa shape index (κ1) is 17.1. The van der Waals surface area contributed by atoms with Gasteiger partial charge in [0.1, 0.15) is 5.82 Å². The Morgan fingerprint density at radius 2 is 2.37 bits per heavy atom. The van der Waals surface area contributed by atoms with Gasteiger partial charge in [0.15, 0.2) is 5.76 Å². The lowest BCUT2D eigenvalue weighted by Gasteiger charge is -2.29. The van der Waals surface area contributed by atoms with Crippen molar-refractivity contribution in [1.29, 1.82) is 0 Å². The van der Waals surface area contributed by atoms with Crippen molar-refractivity contribution in [3.05, 3.63) is 47.0 Å². The van der Waals surface area contributed by atoms with Gasteiger partial charge in [-0.3, -0.25) is 4.79 Å². The minimum Gasteiger partial charge on any atom is -0.459 e. The molecule has 0 unspecified atom stereocenters. The van der Waals surface area contributed by atoms with E-state index in [1.165, 1.54) is 0 Å². The SMILES string of the molecule is Cc1ccoc1C(=O)NC[C@H]1[C@H]2CN(c3ncccc3Cl)C[C@]23CC[C@H]1O3. The van der Waals surface area contributed by atoms with E-state index in [2.05, 4.69) is 15.2 Å². The molecule has 7 heteroatoms. The summed E-state index contributed by atoms with van der Waals surface area (Å²) >= 11 is 6.36. The number of fused-ring (bicyclic) bond motifs is 1. The number of aryl methyl sites for hydroxylation is 1. The van der Waals surface area contributed by atoms with Crippen LogP contribution in [0.1, 0.15) is 29.0 Å². The maximum Gasteiger partial charge on any atom is 0.287 e. The van der Waals surface area contributed by atoms with Gasteiger partial charge >= 0.3 is 0 Å². The van der Waals surface area contributed by atoms with Crippen LogP contribution >= 0.6 is 11.6 Å². The van der Waals surface area contributed by atoms with Crippen molar-refractivity contribution in [2.45, 2.75) is 31.5 Å². The third kappa shape index (κ3) is 2.65. The van der Waals surface area contributed by atoms with Gasteiger partial charge in [0.2, 0.25) is 0 Å². The van der Waals surface area contributed by atoms with E-state index in [0.717, 1.165) is 37.3 Å². The second-order valence-corrected chi connectivity index (χ2v) is 8.27. The molecule has 2 aromatic rings. The molecule has 0 aromatic carbocycles. The normalized spacial score (nSPS) is 31.3. The molecule has 4 atom stereocenters. The number of hydrogen-bond acceptors (Lipinski definition) is 5. The Hall–Kier alpha value is -2.05. The summed E-state index contributed by atoms with van der Waals surface area (Å²) < 4.78 is 11.7. The van der Waals surface area contributed by atoms with Gasteiger partial charge < -0.3 is 19.4 Å². The molecule has 1 amide bonds. The number of halogens is 1. The fraction of sp³-hybridized carbons (Fsp3) is 0.500. The number of carbonyl (C=O) groups is 1. The number of anilines is 1. The monoisotopic (exact) mass is 387 g/mol. The van der Waals surface area contributed by atoms with E-state index in [1.807, 2.05) is 19.1 Å². The van der Waals surface area contributed by atoms with Crippen LogP contribution in [0, 0.1) is 18.8 Å². The summed E-state index contributed by atoms with van der Waals surface area (Å²) in [6.45, 7) is 4.14. The van der Waals surface area contributed by atoms with Gasteiger partial charge in [-0.15, -0.1) is 0 Å². The zero-order valence-corrected chi connectivity index (χ0v) is 15.9. The van der Waals surface area contributed by atoms with Gasteiger partial charge in [0, 0.05) is 43.2 Å². The molecule has 27 heavy (non-hydrogen) atoms. The molecular weight excluding hydrogens is 366 g/mol. The first-order valence-electron chi connectivity index (χ1n) is 9.43. The minimum atomic E-state index is -0.156. The van der Waals surface area contributed by atoms with Gasteiger partial charge in [0.25, 0.3) is 5.91 Å². The average Bonchev–Trinajstić information content (AvgIpc) is 3.40. The van der Waals surface area contributed by atoms with Crippen LogP contribution in [0.25, 0.3) is 0 Å². The number of furan rings is 1. The summed E-state index contributed by atoms with van der Waals surface area (Å²) in [6.07, 6.45) is 5.64. The molecule has 3 aliphatic heterocycles. The van der Waals surface area contributed by atoms with Crippen LogP contribution in [-0.4, -0.2) is 42.2 Å². The third-order valence-electron chi connectivity index (χ3n) is 6.39. The van der Waals surface area contributed by atoms with Crippen molar-refractivity contribution in [1.82, 2.24) is 10.3 Å². The van der Waals surface area contributed by atoms with E-state index in [4.69, 9.17) is 20.8 Å². The van der Waals surface area contributed by atoms with Gasteiger partial charge in [-0.1, -0.05) is 11.6 Å². The number of rotatable bonds is 4. The van der Waals surface area contributed by atoms with E-state index in [0.29, 0.717) is 29.2 Å².